The molecule has 23 heavy (non-hydrogen) atoms. The third-order valence-electron chi connectivity index (χ3n) is 4.79. The highest BCUT2D eigenvalue weighted by Crippen LogP contribution is 2.41. The SMILES string of the molecule is C#Cc1cc(C)c2c(c1)CN1CN2Cc2cc(C#C)cc(C)c21. The van der Waals surface area contributed by atoms with Crippen LogP contribution in [0.25, 0.3) is 0 Å². The van der Waals surface area contributed by atoms with Crippen LogP contribution in [0.3, 0.4) is 0 Å². The maximum atomic E-state index is 5.60. The maximum Gasteiger partial charge on any atom is 0.0910 e. The zero-order valence-corrected chi connectivity index (χ0v) is 13.5. The van der Waals surface area contributed by atoms with E-state index in [1.54, 1.807) is 0 Å². The zero-order valence-electron chi connectivity index (χ0n) is 13.5. The van der Waals surface area contributed by atoms with Gasteiger partial charge in [-0.25, -0.2) is 0 Å². The number of rotatable bonds is 0. The minimum atomic E-state index is 0.894. The van der Waals surface area contributed by atoms with Gasteiger partial charge in [0.1, 0.15) is 0 Å². The molecule has 2 aliphatic rings. The van der Waals surface area contributed by atoms with Crippen molar-refractivity contribution in [3.63, 3.8) is 0 Å². The topological polar surface area (TPSA) is 6.48 Å². The van der Waals surface area contributed by atoms with Gasteiger partial charge in [0, 0.05) is 35.6 Å². The molecule has 2 nitrogen and oxygen atoms in total. The molecule has 2 bridgehead atoms. The average Bonchev–Trinajstić information content (AvgIpc) is 2.53. The molecule has 112 valence electrons. The van der Waals surface area contributed by atoms with Gasteiger partial charge in [0.2, 0.25) is 0 Å². The van der Waals surface area contributed by atoms with Gasteiger partial charge in [0.15, 0.2) is 0 Å². The van der Waals surface area contributed by atoms with E-state index in [-0.39, 0.29) is 0 Å². The predicted molar refractivity (Wildman–Crippen MR) is 95.5 cm³/mol. The van der Waals surface area contributed by atoms with Gasteiger partial charge >= 0.3 is 0 Å². The first kappa shape index (κ1) is 13.8. The number of aryl methyl sites for hydroxylation is 2. The van der Waals surface area contributed by atoms with Gasteiger partial charge in [-0.2, -0.15) is 0 Å². The highest BCUT2D eigenvalue weighted by Gasteiger charge is 2.31. The van der Waals surface area contributed by atoms with Gasteiger partial charge in [-0.15, -0.1) is 12.8 Å². The molecule has 4 rings (SSSR count). The fourth-order valence-electron chi connectivity index (χ4n) is 4.03. The van der Waals surface area contributed by atoms with Gasteiger partial charge in [-0.1, -0.05) is 11.8 Å². The molecule has 0 aromatic heterocycles. The Morgan fingerprint density at radius 2 is 1.22 bits per heavy atom. The summed E-state index contributed by atoms with van der Waals surface area (Å²) in [7, 11) is 0. The summed E-state index contributed by atoms with van der Waals surface area (Å²) in [6.45, 7) is 7.01. The van der Waals surface area contributed by atoms with Crippen molar-refractivity contribution in [2.75, 3.05) is 16.5 Å². The van der Waals surface area contributed by atoms with E-state index in [0.29, 0.717) is 0 Å². The lowest BCUT2D eigenvalue weighted by Gasteiger charge is -2.46. The minimum Gasteiger partial charge on any atom is -0.349 e. The van der Waals surface area contributed by atoms with Crippen LogP contribution in [0.15, 0.2) is 24.3 Å². The molecule has 0 radical (unpaired) electrons. The van der Waals surface area contributed by atoms with Crippen LogP contribution in [-0.2, 0) is 13.1 Å². The molecule has 0 unspecified atom stereocenters. The molecule has 2 heteroatoms. The second kappa shape index (κ2) is 4.83. The third kappa shape index (κ3) is 2.00. The number of fused-ring (bicyclic) bond motifs is 6. The summed E-state index contributed by atoms with van der Waals surface area (Å²) in [6, 6.07) is 8.51. The fourth-order valence-corrected chi connectivity index (χ4v) is 4.03. The summed E-state index contributed by atoms with van der Waals surface area (Å²) in [5, 5.41) is 0. The van der Waals surface area contributed by atoms with Crippen molar-refractivity contribution in [2.45, 2.75) is 26.9 Å². The molecule has 2 aromatic rings. The van der Waals surface area contributed by atoms with Crippen LogP contribution >= 0.6 is 0 Å². The molecule has 0 fully saturated rings. The van der Waals surface area contributed by atoms with Crippen LogP contribution in [0.5, 0.6) is 0 Å². The molecular weight excluding hydrogens is 280 g/mol. The number of nitrogens with zero attached hydrogens (tertiary/aromatic N) is 2. The zero-order chi connectivity index (χ0) is 16.1. The summed E-state index contributed by atoms with van der Waals surface area (Å²) >= 11 is 0. The summed E-state index contributed by atoms with van der Waals surface area (Å²) in [5.41, 5.74) is 9.72. The van der Waals surface area contributed by atoms with E-state index < -0.39 is 0 Å². The van der Waals surface area contributed by atoms with E-state index in [1.165, 1.54) is 33.6 Å². The van der Waals surface area contributed by atoms with E-state index in [0.717, 1.165) is 30.9 Å². The van der Waals surface area contributed by atoms with Crippen LogP contribution in [0.2, 0.25) is 0 Å². The lowest BCUT2D eigenvalue weighted by molar-refractivity contribution is 0.646. The Morgan fingerprint density at radius 1 is 0.783 bits per heavy atom. The van der Waals surface area contributed by atoms with Crippen LogP contribution in [-0.4, -0.2) is 6.67 Å². The van der Waals surface area contributed by atoms with E-state index in [9.17, 15) is 0 Å². The van der Waals surface area contributed by atoms with Gasteiger partial charge in [-0.05, 0) is 60.4 Å². The van der Waals surface area contributed by atoms with Gasteiger partial charge in [-0.3, -0.25) is 0 Å². The lowest BCUT2D eigenvalue weighted by atomic mass is 9.94. The molecule has 0 saturated heterocycles. The maximum absolute atomic E-state index is 5.60. The molecule has 0 aliphatic carbocycles. The normalized spacial score (nSPS) is 14.6. The van der Waals surface area contributed by atoms with E-state index in [4.69, 9.17) is 12.8 Å². The Bertz CT molecular complexity index is 833. The number of hydrogen-bond acceptors (Lipinski definition) is 2. The Kier molecular flexibility index (Phi) is 2.90. The second-order valence-corrected chi connectivity index (χ2v) is 6.43. The van der Waals surface area contributed by atoms with Crippen LogP contribution in [0.4, 0.5) is 11.4 Å². The molecule has 2 aromatic carbocycles. The highest BCUT2D eigenvalue weighted by molar-refractivity contribution is 5.73. The van der Waals surface area contributed by atoms with Crippen molar-refractivity contribution in [2.24, 2.45) is 0 Å². The fraction of sp³-hybridized carbons (Fsp3) is 0.238. The first-order valence-corrected chi connectivity index (χ1v) is 7.81. The van der Waals surface area contributed by atoms with Crippen molar-refractivity contribution in [3.8, 4) is 24.7 Å². The largest absolute Gasteiger partial charge is 0.349 e. The van der Waals surface area contributed by atoms with Crippen LogP contribution in [0, 0.1) is 38.5 Å². The number of anilines is 2. The molecule has 2 heterocycles. The third-order valence-corrected chi connectivity index (χ3v) is 4.79. The molecule has 0 amide bonds. The molecule has 2 aliphatic heterocycles. The number of terminal acetylenes is 2. The van der Waals surface area contributed by atoms with Crippen molar-refractivity contribution in [3.05, 3.63) is 57.6 Å². The molecule has 0 saturated carbocycles. The van der Waals surface area contributed by atoms with E-state index in [1.807, 2.05) is 0 Å². The molecule has 0 atom stereocenters. The van der Waals surface area contributed by atoms with Gasteiger partial charge < -0.3 is 9.80 Å². The van der Waals surface area contributed by atoms with Crippen molar-refractivity contribution in [1.82, 2.24) is 0 Å². The monoisotopic (exact) mass is 298 g/mol. The smallest absolute Gasteiger partial charge is 0.0910 e. The molecule has 0 N–H and O–H groups in total. The summed E-state index contributed by atoms with van der Waals surface area (Å²) in [6.07, 6.45) is 11.2. The van der Waals surface area contributed by atoms with Gasteiger partial charge in [0.05, 0.1) is 6.67 Å². The average molecular weight is 298 g/mol. The van der Waals surface area contributed by atoms with Crippen molar-refractivity contribution < 1.29 is 0 Å². The predicted octanol–water partition coefficient (Wildman–Crippen LogP) is 3.56. The Hall–Kier alpha value is -2.84. The first-order chi connectivity index (χ1) is 11.1. The second-order valence-electron chi connectivity index (χ2n) is 6.43. The standard InChI is InChI=1S/C21H18N2/c1-5-16-7-14(3)20-18(9-16)11-22-13-23(20)12-19-10-17(6-2)8-15(4)21(19)22/h1-2,7-10H,11-13H2,3-4H3. The molecular formula is C21H18N2. The summed E-state index contributed by atoms with van der Waals surface area (Å²) in [4.78, 5) is 4.85. The summed E-state index contributed by atoms with van der Waals surface area (Å²) < 4.78 is 0. The van der Waals surface area contributed by atoms with Crippen LogP contribution < -0.4 is 9.80 Å². The van der Waals surface area contributed by atoms with E-state index in [2.05, 4.69) is 59.8 Å². The Labute approximate surface area is 137 Å². The Balaban J connectivity index is 1.87. The first-order valence-electron chi connectivity index (χ1n) is 7.81. The quantitative estimate of drug-likeness (QED) is 0.686. The minimum absolute atomic E-state index is 0.894. The number of hydrogen-bond donors (Lipinski definition) is 0. The van der Waals surface area contributed by atoms with Crippen LogP contribution in [0.1, 0.15) is 33.4 Å². The lowest BCUT2D eigenvalue weighted by Crippen LogP contribution is -2.46. The highest BCUT2D eigenvalue weighted by atomic mass is 15.4. The molecule has 0 spiro atoms. The van der Waals surface area contributed by atoms with Crippen molar-refractivity contribution in [1.29, 1.82) is 0 Å². The Morgan fingerprint density at radius 3 is 1.61 bits per heavy atom. The van der Waals surface area contributed by atoms with Crippen molar-refractivity contribution >= 4 is 11.4 Å². The summed E-state index contributed by atoms with van der Waals surface area (Å²) in [5.74, 6) is 5.54. The van der Waals surface area contributed by atoms with Gasteiger partial charge in [0.25, 0.3) is 0 Å². The number of benzene rings is 2. The van der Waals surface area contributed by atoms with E-state index >= 15 is 0 Å².